The van der Waals surface area contributed by atoms with Crippen molar-refractivity contribution in [3.05, 3.63) is 42.5 Å². The molecule has 0 spiro atoms. The Morgan fingerprint density at radius 2 is 2.17 bits per heavy atom. The van der Waals surface area contributed by atoms with E-state index in [1.54, 1.807) is 6.33 Å². The Kier molecular flexibility index (Phi) is 5.25. The molecule has 0 unspecified atom stereocenters. The zero-order valence-electron chi connectivity index (χ0n) is 14.1. The Hall–Kier alpha value is -2.21. The van der Waals surface area contributed by atoms with Gasteiger partial charge in [-0.25, -0.2) is 0 Å². The lowest BCUT2D eigenvalue weighted by atomic mass is 9.92. The van der Waals surface area contributed by atoms with Gasteiger partial charge in [0, 0.05) is 37.7 Å². The van der Waals surface area contributed by atoms with Crippen LogP contribution in [0.15, 0.2) is 36.7 Å². The summed E-state index contributed by atoms with van der Waals surface area (Å²) < 4.78 is 1.94. The van der Waals surface area contributed by atoms with E-state index in [0.29, 0.717) is 18.8 Å². The quantitative estimate of drug-likeness (QED) is 0.908. The van der Waals surface area contributed by atoms with Crippen LogP contribution in [-0.4, -0.2) is 44.7 Å². The first kappa shape index (κ1) is 16.6. The maximum Gasteiger partial charge on any atom is 0.223 e. The van der Waals surface area contributed by atoms with Crippen molar-refractivity contribution in [1.29, 1.82) is 0 Å². The number of benzene rings is 1. The lowest BCUT2D eigenvalue weighted by molar-refractivity contribution is -0.133. The number of aromatic nitrogens is 3. The highest BCUT2D eigenvalue weighted by Crippen LogP contribution is 2.20. The number of piperidine rings is 1. The SMILES string of the molecule is C[C@@H](N)[C@H]1CCCN(C(=O)CCc2nncn2-c2ccccc2)C1. The highest BCUT2D eigenvalue weighted by atomic mass is 16.2. The van der Waals surface area contributed by atoms with Gasteiger partial charge < -0.3 is 10.6 Å². The zero-order chi connectivity index (χ0) is 16.9. The summed E-state index contributed by atoms with van der Waals surface area (Å²) in [7, 11) is 0. The molecule has 1 aliphatic rings. The third-order valence-corrected chi connectivity index (χ3v) is 4.77. The maximum absolute atomic E-state index is 12.5. The van der Waals surface area contributed by atoms with Gasteiger partial charge in [0.15, 0.2) is 0 Å². The van der Waals surface area contributed by atoms with Crippen LogP contribution in [0.5, 0.6) is 0 Å². The second-order valence-corrected chi connectivity index (χ2v) is 6.55. The van der Waals surface area contributed by atoms with Gasteiger partial charge >= 0.3 is 0 Å². The minimum atomic E-state index is 0.141. The normalized spacial score (nSPS) is 19.2. The molecule has 3 rings (SSSR count). The van der Waals surface area contributed by atoms with Crippen LogP contribution in [-0.2, 0) is 11.2 Å². The molecule has 1 aromatic heterocycles. The summed E-state index contributed by atoms with van der Waals surface area (Å²) in [5, 5.41) is 8.17. The Morgan fingerprint density at radius 1 is 1.38 bits per heavy atom. The summed E-state index contributed by atoms with van der Waals surface area (Å²) in [5.74, 6) is 1.41. The van der Waals surface area contributed by atoms with Crippen LogP contribution in [0, 0.1) is 5.92 Å². The molecular formula is C18H25N5O. The molecule has 1 amide bonds. The van der Waals surface area contributed by atoms with Crippen LogP contribution in [0.3, 0.4) is 0 Å². The van der Waals surface area contributed by atoms with Gasteiger partial charge in [-0.2, -0.15) is 0 Å². The summed E-state index contributed by atoms with van der Waals surface area (Å²) >= 11 is 0. The molecule has 0 radical (unpaired) electrons. The van der Waals surface area contributed by atoms with Gasteiger partial charge in [-0.1, -0.05) is 18.2 Å². The van der Waals surface area contributed by atoms with E-state index in [4.69, 9.17) is 5.73 Å². The lowest BCUT2D eigenvalue weighted by Crippen LogP contribution is -2.45. The number of carbonyl (C=O) groups is 1. The third-order valence-electron chi connectivity index (χ3n) is 4.77. The van der Waals surface area contributed by atoms with Crippen LogP contribution in [0.4, 0.5) is 0 Å². The molecule has 6 heteroatoms. The minimum Gasteiger partial charge on any atom is -0.342 e. The van der Waals surface area contributed by atoms with Crippen molar-refractivity contribution in [2.75, 3.05) is 13.1 Å². The van der Waals surface area contributed by atoms with Gasteiger partial charge in [-0.3, -0.25) is 9.36 Å². The number of rotatable bonds is 5. The lowest BCUT2D eigenvalue weighted by Gasteiger charge is -2.34. The average Bonchev–Trinajstić information content (AvgIpc) is 3.09. The Bertz CT molecular complexity index is 667. The van der Waals surface area contributed by atoms with Crippen molar-refractivity contribution < 1.29 is 4.79 Å². The predicted molar refractivity (Wildman–Crippen MR) is 92.6 cm³/mol. The molecule has 1 saturated heterocycles. The van der Waals surface area contributed by atoms with Crippen LogP contribution in [0.2, 0.25) is 0 Å². The number of likely N-dealkylation sites (tertiary alicyclic amines) is 1. The summed E-state index contributed by atoms with van der Waals surface area (Å²) in [6.45, 7) is 3.65. The second kappa shape index (κ2) is 7.57. The van der Waals surface area contributed by atoms with Crippen molar-refractivity contribution in [2.45, 2.75) is 38.6 Å². The van der Waals surface area contributed by atoms with E-state index in [2.05, 4.69) is 10.2 Å². The molecule has 1 aromatic carbocycles. The fourth-order valence-corrected chi connectivity index (χ4v) is 3.28. The van der Waals surface area contributed by atoms with Crippen molar-refractivity contribution >= 4 is 5.91 Å². The first-order valence-corrected chi connectivity index (χ1v) is 8.63. The van der Waals surface area contributed by atoms with Crippen LogP contribution >= 0.6 is 0 Å². The van der Waals surface area contributed by atoms with Gasteiger partial charge in [0.1, 0.15) is 12.2 Å². The van der Waals surface area contributed by atoms with E-state index < -0.39 is 0 Å². The number of carbonyl (C=O) groups excluding carboxylic acids is 1. The largest absolute Gasteiger partial charge is 0.342 e. The molecule has 2 aromatic rings. The molecule has 0 saturated carbocycles. The fraction of sp³-hybridized carbons (Fsp3) is 0.500. The van der Waals surface area contributed by atoms with Crippen LogP contribution < -0.4 is 5.73 Å². The molecule has 2 atom stereocenters. The summed E-state index contributed by atoms with van der Waals surface area (Å²) in [6, 6.07) is 10.1. The van der Waals surface area contributed by atoms with Gasteiger partial charge in [-0.15, -0.1) is 10.2 Å². The van der Waals surface area contributed by atoms with Crippen LogP contribution in [0.25, 0.3) is 5.69 Å². The molecule has 6 nitrogen and oxygen atoms in total. The summed E-state index contributed by atoms with van der Waals surface area (Å²) in [5.41, 5.74) is 7.02. The second-order valence-electron chi connectivity index (χ2n) is 6.55. The smallest absolute Gasteiger partial charge is 0.223 e. The van der Waals surface area contributed by atoms with E-state index in [1.165, 1.54) is 0 Å². The van der Waals surface area contributed by atoms with Crippen molar-refractivity contribution in [3.8, 4) is 5.69 Å². The third kappa shape index (κ3) is 3.82. The van der Waals surface area contributed by atoms with E-state index in [9.17, 15) is 4.79 Å². The first-order chi connectivity index (χ1) is 11.6. The standard InChI is InChI=1S/C18H25N5O/c1-14(19)15-6-5-11-22(12-15)18(24)10-9-17-21-20-13-23(17)16-7-3-2-4-8-16/h2-4,7-8,13-15H,5-6,9-12,19H2,1H3/t14-,15+/m1/s1. The molecule has 24 heavy (non-hydrogen) atoms. The van der Waals surface area contributed by atoms with E-state index in [-0.39, 0.29) is 11.9 Å². The number of hydrogen-bond donors (Lipinski definition) is 1. The molecule has 1 aliphatic heterocycles. The number of para-hydroxylation sites is 1. The molecule has 1 fully saturated rings. The van der Waals surface area contributed by atoms with E-state index in [1.807, 2.05) is 46.7 Å². The molecule has 0 aliphatic carbocycles. The zero-order valence-corrected chi connectivity index (χ0v) is 14.1. The Labute approximate surface area is 142 Å². The highest BCUT2D eigenvalue weighted by Gasteiger charge is 2.25. The molecule has 2 heterocycles. The fourth-order valence-electron chi connectivity index (χ4n) is 3.28. The van der Waals surface area contributed by atoms with Gasteiger partial charge in [0.2, 0.25) is 5.91 Å². The molecule has 0 bridgehead atoms. The molecule has 2 N–H and O–H groups in total. The van der Waals surface area contributed by atoms with E-state index >= 15 is 0 Å². The maximum atomic E-state index is 12.5. The number of aryl methyl sites for hydroxylation is 1. The number of amides is 1. The Balaban J connectivity index is 1.60. The van der Waals surface area contributed by atoms with E-state index in [0.717, 1.165) is 37.4 Å². The van der Waals surface area contributed by atoms with Gasteiger partial charge in [-0.05, 0) is 37.8 Å². The van der Waals surface area contributed by atoms with Crippen molar-refractivity contribution in [1.82, 2.24) is 19.7 Å². The minimum absolute atomic E-state index is 0.141. The average molecular weight is 327 g/mol. The van der Waals surface area contributed by atoms with Gasteiger partial charge in [0.25, 0.3) is 0 Å². The van der Waals surface area contributed by atoms with Crippen molar-refractivity contribution in [2.24, 2.45) is 11.7 Å². The number of nitrogens with zero attached hydrogens (tertiary/aromatic N) is 4. The predicted octanol–water partition coefficient (Wildman–Crippen LogP) is 1.79. The summed E-state index contributed by atoms with van der Waals surface area (Å²) in [6.07, 6.45) is 4.90. The van der Waals surface area contributed by atoms with Crippen molar-refractivity contribution in [3.63, 3.8) is 0 Å². The number of nitrogens with two attached hydrogens (primary N) is 1. The molecule has 128 valence electrons. The van der Waals surface area contributed by atoms with Crippen LogP contribution in [0.1, 0.15) is 32.0 Å². The van der Waals surface area contributed by atoms with Gasteiger partial charge in [0.05, 0.1) is 0 Å². The highest BCUT2D eigenvalue weighted by molar-refractivity contribution is 5.76. The summed E-state index contributed by atoms with van der Waals surface area (Å²) in [4.78, 5) is 14.5. The molecular weight excluding hydrogens is 302 g/mol. The Morgan fingerprint density at radius 3 is 2.92 bits per heavy atom. The first-order valence-electron chi connectivity index (χ1n) is 8.63. The number of hydrogen-bond acceptors (Lipinski definition) is 4. The monoisotopic (exact) mass is 327 g/mol. The topological polar surface area (TPSA) is 77.0 Å².